The Hall–Kier alpha value is -1.56. The van der Waals surface area contributed by atoms with Crippen LogP contribution in [0.1, 0.15) is 38.7 Å². The number of carbonyl (C=O) groups is 1. The molecule has 1 heterocycles. The number of rotatable bonds is 5. The molecule has 0 saturated carbocycles. The molecule has 1 fully saturated rings. The van der Waals surface area contributed by atoms with E-state index in [1.54, 1.807) is 6.92 Å². The summed E-state index contributed by atoms with van der Waals surface area (Å²) in [6.45, 7) is 5.89. The summed E-state index contributed by atoms with van der Waals surface area (Å²) in [5, 5.41) is 2.74. The summed E-state index contributed by atoms with van der Waals surface area (Å²) in [6.07, 6.45) is -0.183. The summed E-state index contributed by atoms with van der Waals surface area (Å²) in [4.78, 5) is 12.1. The van der Waals surface area contributed by atoms with E-state index in [9.17, 15) is 13.2 Å². The molecule has 0 aromatic heterocycles. The van der Waals surface area contributed by atoms with Gasteiger partial charge in [-0.2, -0.15) is 0 Å². The van der Waals surface area contributed by atoms with Crippen LogP contribution in [-0.4, -0.2) is 38.0 Å². The molecule has 2 atom stereocenters. The van der Waals surface area contributed by atoms with E-state index in [0.29, 0.717) is 18.1 Å². The molecule has 2 rings (SSSR count). The van der Waals surface area contributed by atoms with E-state index >= 15 is 0 Å². The SMILES string of the molecule is CC(C)c1ccc(O[C@H](C)C(=O)N[C@H]2CCS(=O)(=O)C2)cc1. The molecule has 1 aliphatic rings. The lowest BCUT2D eigenvalue weighted by atomic mass is 10.0. The third-order valence-electron chi connectivity index (χ3n) is 3.81. The number of hydrogen-bond donors (Lipinski definition) is 1. The van der Waals surface area contributed by atoms with Gasteiger partial charge in [-0.1, -0.05) is 26.0 Å². The summed E-state index contributed by atoms with van der Waals surface area (Å²) in [6, 6.07) is 7.35. The number of benzene rings is 1. The van der Waals surface area contributed by atoms with E-state index in [0.717, 1.165) is 0 Å². The molecule has 122 valence electrons. The Balaban J connectivity index is 1.88. The first-order chi connectivity index (χ1) is 10.3. The second-order valence-electron chi connectivity index (χ2n) is 6.09. The standard InChI is InChI=1S/C16H23NO4S/c1-11(2)13-4-6-15(7-5-13)21-12(3)16(18)17-14-8-9-22(19,20)10-14/h4-7,11-12,14H,8-10H2,1-3H3,(H,17,18)/t12-,14+/m1/s1. The van der Waals surface area contributed by atoms with Crippen molar-refractivity contribution < 1.29 is 17.9 Å². The molecule has 0 spiro atoms. The maximum absolute atomic E-state index is 12.1. The predicted molar refractivity (Wildman–Crippen MR) is 85.8 cm³/mol. The van der Waals surface area contributed by atoms with Crippen molar-refractivity contribution in [1.82, 2.24) is 5.32 Å². The van der Waals surface area contributed by atoms with Crippen molar-refractivity contribution in [2.45, 2.75) is 45.3 Å². The van der Waals surface area contributed by atoms with Crippen LogP contribution in [0.25, 0.3) is 0 Å². The number of nitrogens with one attached hydrogen (secondary N) is 1. The molecule has 1 aromatic rings. The van der Waals surface area contributed by atoms with Gasteiger partial charge in [0.25, 0.3) is 5.91 Å². The Morgan fingerprint density at radius 2 is 1.86 bits per heavy atom. The first kappa shape index (κ1) is 16.8. The fraction of sp³-hybridized carbons (Fsp3) is 0.562. The van der Waals surface area contributed by atoms with Crippen molar-refractivity contribution in [2.75, 3.05) is 11.5 Å². The topological polar surface area (TPSA) is 72.5 Å². The first-order valence-electron chi connectivity index (χ1n) is 7.54. The summed E-state index contributed by atoms with van der Waals surface area (Å²) in [5.74, 6) is 0.957. The molecular weight excluding hydrogens is 302 g/mol. The highest BCUT2D eigenvalue weighted by Crippen LogP contribution is 2.19. The summed E-state index contributed by atoms with van der Waals surface area (Å²) in [5.41, 5.74) is 1.21. The van der Waals surface area contributed by atoms with Crippen LogP contribution in [-0.2, 0) is 14.6 Å². The average Bonchev–Trinajstić information content (AvgIpc) is 2.78. The number of hydrogen-bond acceptors (Lipinski definition) is 4. The van der Waals surface area contributed by atoms with Crippen LogP contribution >= 0.6 is 0 Å². The molecule has 0 aliphatic carbocycles. The van der Waals surface area contributed by atoms with Gasteiger partial charge in [0, 0.05) is 6.04 Å². The third-order valence-corrected chi connectivity index (χ3v) is 5.58. The molecular formula is C16H23NO4S. The summed E-state index contributed by atoms with van der Waals surface area (Å²) >= 11 is 0. The molecule has 1 N–H and O–H groups in total. The van der Waals surface area contributed by atoms with Crippen LogP contribution in [0, 0.1) is 0 Å². The van der Waals surface area contributed by atoms with E-state index < -0.39 is 15.9 Å². The highest BCUT2D eigenvalue weighted by Gasteiger charge is 2.30. The minimum Gasteiger partial charge on any atom is -0.481 e. The number of amides is 1. The van der Waals surface area contributed by atoms with Gasteiger partial charge in [-0.15, -0.1) is 0 Å². The number of sulfone groups is 1. The Morgan fingerprint density at radius 1 is 1.23 bits per heavy atom. The zero-order chi connectivity index (χ0) is 16.3. The van der Waals surface area contributed by atoms with Crippen molar-refractivity contribution in [1.29, 1.82) is 0 Å². The third kappa shape index (κ3) is 4.47. The van der Waals surface area contributed by atoms with Crippen LogP contribution in [0.4, 0.5) is 0 Å². The zero-order valence-corrected chi connectivity index (χ0v) is 14.0. The van der Waals surface area contributed by atoms with Gasteiger partial charge < -0.3 is 10.1 Å². The zero-order valence-electron chi connectivity index (χ0n) is 13.2. The van der Waals surface area contributed by atoms with Crippen LogP contribution in [0.3, 0.4) is 0 Å². The largest absolute Gasteiger partial charge is 0.481 e. The lowest BCUT2D eigenvalue weighted by Crippen LogP contribution is -2.43. The normalized spacial score (nSPS) is 21.5. The first-order valence-corrected chi connectivity index (χ1v) is 9.36. The van der Waals surface area contributed by atoms with Gasteiger partial charge in [0.1, 0.15) is 5.75 Å². The summed E-state index contributed by atoms with van der Waals surface area (Å²) in [7, 11) is -2.99. The lowest BCUT2D eigenvalue weighted by molar-refractivity contribution is -0.127. The maximum Gasteiger partial charge on any atom is 0.261 e. The van der Waals surface area contributed by atoms with Gasteiger partial charge in [0.05, 0.1) is 11.5 Å². The molecule has 6 heteroatoms. The van der Waals surface area contributed by atoms with Crippen LogP contribution in [0.15, 0.2) is 24.3 Å². The Labute approximate surface area is 132 Å². The van der Waals surface area contributed by atoms with Crippen molar-refractivity contribution in [2.24, 2.45) is 0 Å². The Kier molecular flexibility index (Phi) is 5.11. The van der Waals surface area contributed by atoms with E-state index in [4.69, 9.17) is 4.74 Å². The molecule has 1 saturated heterocycles. The van der Waals surface area contributed by atoms with Gasteiger partial charge in [-0.3, -0.25) is 4.79 Å². The second-order valence-corrected chi connectivity index (χ2v) is 8.32. The van der Waals surface area contributed by atoms with E-state index in [1.807, 2.05) is 24.3 Å². The van der Waals surface area contributed by atoms with Crippen molar-refractivity contribution in [3.05, 3.63) is 29.8 Å². The average molecular weight is 325 g/mol. The molecule has 5 nitrogen and oxygen atoms in total. The molecule has 0 radical (unpaired) electrons. The monoisotopic (exact) mass is 325 g/mol. The highest BCUT2D eigenvalue weighted by molar-refractivity contribution is 7.91. The van der Waals surface area contributed by atoms with E-state index in [-0.39, 0.29) is 23.5 Å². The number of ether oxygens (including phenoxy) is 1. The lowest BCUT2D eigenvalue weighted by Gasteiger charge is -2.18. The van der Waals surface area contributed by atoms with Crippen LogP contribution in [0.5, 0.6) is 5.75 Å². The van der Waals surface area contributed by atoms with Crippen molar-refractivity contribution in [3.63, 3.8) is 0 Å². The van der Waals surface area contributed by atoms with Gasteiger partial charge >= 0.3 is 0 Å². The molecule has 1 aromatic carbocycles. The number of carbonyl (C=O) groups excluding carboxylic acids is 1. The minimum atomic E-state index is -2.99. The Bertz CT molecular complexity index is 622. The Morgan fingerprint density at radius 3 is 2.36 bits per heavy atom. The van der Waals surface area contributed by atoms with Gasteiger partial charge in [-0.05, 0) is 37.0 Å². The molecule has 1 amide bonds. The van der Waals surface area contributed by atoms with E-state index in [1.165, 1.54) is 5.56 Å². The molecule has 0 bridgehead atoms. The minimum absolute atomic E-state index is 0.0224. The fourth-order valence-corrected chi connectivity index (χ4v) is 4.09. The van der Waals surface area contributed by atoms with Crippen LogP contribution in [0.2, 0.25) is 0 Å². The van der Waals surface area contributed by atoms with Gasteiger partial charge in [0.15, 0.2) is 15.9 Å². The second kappa shape index (κ2) is 6.69. The quantitative estimate of drug-likeness (QED) is 0.897. The molecule has 0 unspecified atom stereocenters. The van der Waals surface area contributed by atoms with Crippen molar-refractivity contribution in [3.8, 4) is 5.75 Å². The van der Waals surface area contributed by atoms with E-state index in [2.05, 4.69) is 19.2 Å². The fourth-order valence-electron chi connectivity index (χ4n) is 2.42. The van der Waals surface area contributed by atoms with Gasteiger partial charge in [0.2, 0.25) is 0 Å². The van der Waals surface area contributed by atoms with Crippen LogP contribution < -0.4 is 10.1 Å². The van der Waals surface area contributed by atoms with Gasteiger partial charge in [-0.25, -0.2) is 8.42 Å². The van der Waals surface area contributed by atoms with Crippen molar-refractivity contribution >= 4 is 15.7 Å². The summed E-state index contributed by atoms with van der Waals surface area (Å²) < 4.78 is 28.4. The molecule has 22 heavy (non-hydrogen) atoms. The predicted octanol–water partition coefficient (Wildman–Crippen LogP) is 1.88. The maximum atomic E-state index is 12.1. The smallest absolute Gasteiger partial charge is 0.261 e. The highest BCUT2D eigenvalue weighted by atomic mass is 32.2. The molecule has 1 aliphatic heterocycles.